The van der Waals surface area contributed by atoms with E-state index in [4.69, 9.17) is 0 Å². The first-order chi connectivity index (χ1) is 10.3. The zero-order chi connectivity index (χ0) is 14.2. The minimum Gasteiger partial charge on any atom is -0.384 e. The van der Waals surface area contributed by atoms with Crippen molar-refractivity contribution in [3.05, 3.63) is 29.8 Å². The zero-order valence-corrected chi connectivity index (χ0v) is 12.5. The fourth-order valence-corrected chi connectivity index (χ4v) is 3.76. The molecule has 1 aromatic carbocycles. The first kappa shape index (κ1) is 13.2. The smallest absolute Gasteiger partial charge is 0.225 e. The molecule has 3 nitrogen and oxygen atoms in total. The second-order valence-electron chi connectivity index (χ2n) is 7.02. The van der Waals surface area contributed by atoms with Crippen LogP contribution in [-0.2, 0) is 11.2 Å². The van der Waals surface area contributed by atoms with Crippen molar-refractivity contribution in [3.8, 4) is 0 Å². The third-order valence-electron chi connectivity index (χ3n) is 5.36. The molecule has 1 unspecified atom stereocenters. The predicted octanol–water partition coefficient (Wildman–Crippen LogP) is 2.82. The van der Waals surface area contributed by atoms with Crippen LogP contribution in [0, 0.1) is 23.7 Å². The summed E-state index contributed by atoms with van der Waals surface area (Å²) in [6.45, 7) is 1.67. The van der Waals surface area contributed by atoms with Crippen molar-refractivity contribution >= 4 is 11.6 Å². The van der Waals surface area contributed by atoms with Gasteiger partial charge < -0.3 is 10.6 Å². The largest absolute Gasteiger partial charge is 0.384 e. The molecule has 0 aromatic heterocycles. The number of amides is 1. The van der Waals surface area contributed by atoms with Crippen LogP contribution in [-0.4, -0.2) is 19.0 Å². The summed E-state index contributed by atoms with van der Waals surface area (Å²) < 4.78 is 0. The van der Waals surface area contributed by atoms with Gasteiger partial charge in [-0.2, -0.15) is 0 Å². The Kier molecular flexibility index (Phi) is 3.36. The lowest BCUT2D eigenvalue weighted by molar-refractivity contribution is -0.124. The van der Waals surface area contributed by atoms with Gasteiger partial charge in [0.1, 0.15) is 0 Å². The molecule has 0 saturated heterocycles. The lowest BCUT2D eigenvalue weighted by Crippen LogP contribution is -2.40. The Balaban J connectivity index is 1.33. The molecule has 2 fully saturated rings. The van der Waals surface area contributed by atoms with Crippen molar-refractivity contribution in [2.24, 2.45) is 23.7 Å². The average Bonchev–Trinajstić information content (AvgIpc) is 3.39. The van der Waals surface area contributed by atoms with E-state index >= 15 is 0 Å². The minimum absolute atomic E-state index is 0.0824. The molecule has 2 aliphatic carbocycles. The van der Waals surface area contributed by atoms with Gasteiger partial charge in [0.15, 0.2) is 0 Å². The summed E-state index contributed by atoms with van der Waals surface area (Å²) in [5.74, 6) is 2.89. The fraction of sp³-hybridized carbons (Fsp3) is 0.611. The van der Waals surface area contributed by atoms with Crippen LogP contribution in [0.1, 0.15) is 31.2 Å². The van der Waals surface area contributed by atoms with Crippen molar-refractivity contribution in [3.63, 3.8) is 0 Å². The molecular formula is C18H24N2O. The van der Waals surface area contributed by atoms with Crippen molar-refractivity contribution in [2.45, 2.75) is 32.1 Å². The van der Waals surface area contributed by atoms with Crippen LogP contribution in [0.2, 0.25) is 0 Å². The van der Waals surface area contributed by atoms with E-state index in [0.29, 0.717) is 0 Å². The van der Waals surface area contributed by atoms with Gasteiger partial charge in [0.05, 0.1) is 5.92 Å². The predicted molar refractivity (Wildman–Crippen MR) is 84.1 cm³/mol. The van der Waals surface area contributed by atoms with Crippen molar-refractivity contribution in [1.82, 2.24) is 5.32 Å². The number of rotatable bonds is 5. The number of carbonyl (C=O) groups is 1. The molecule has 1 amide bonds. The molecule has 112 valence electrons. The van der Waals surface area contributed by atoms with Crippen molar-refractivity contribution in [1.29, 1.82) is 0 Å². The van der Waals surface area contributed by atoms with Crippen LogP contribution >= 0.6 is 0 Å². The highest BCUT2D eigenvalue weighted by Gasteiger charge is 2.41. The summed E-state index contributed by atoms with van der Waals surface area (Å²) in [5.41, 5.74) is 2.46. The van der Waals surface area contributed by atoms with Gasteiger partial charge in [-0.05, 0) is 61.5 Å². The summed E-state index contributed by atoms with van der Waals surface area (Å²) in [6.07, 6.45) is 6.40. The standard InChI is InChI=1S/C18H24N2O/c21-18(20-11-16(12-5-6-12)13-7-8-13)15-9-14-3-1-2-4-17(14)19-10-15/h1-4,12-13,15-16,19H,5-11H2,(H,20,21). The van der Waals surface area contributed by atoms with E-state index in [-0.39, 0.29) is 11.8 Å². The van der Waals surface area contributed by atoms with E-state index < -0.39 is 0 Å². The molecule has 0 radical (unpaired) electrons. The van der Waals surface area contributed by atoms with Gasteiger partial charge in [-0.25, -0.2) is 0 Å². The topological polar surface area (TPSA) is 41.1 Å². The van der Waals surface area contributed by atoms with E-state index in [1.807, 2.05) is 6.07 Å². The number of anilines is 1. The Morgan fingerprint density at radius 1 is 1.19 bits per heavy atom. The first-order valence-electron chi connectivity index (χ1n) is 8.41. The van der Waals surface area contributed by atoms with Crippen LogP contribution in [0.15, 0.2) is 24.3 Å². The van der Waals surface area contributed by atoms with Gasteiger partial charge in [0.2, 0.25) is 5.91 Å². The van der Waals surface area contributed by atoms with Crippen LogP contribution in [0.5, 0.6) is 0 Å². The van der Waals surface area contributed by atoms with E-state index in [2.05, 4.69) is 28.8 Å². The Bertz CT molecular complexity index is 522. The molecule has 3 heteroatoms. The highest BCUT2D eigenvalue weighted by molar-refractivity contribution is 5.80. The summed E-state index contributed by atoms with van der Waals surface area (Å²) >= 11 is 0. The molecule has 1 aromatic rings. The maximum atomic E-state index is 12.4. The number of hydrogen-bond donors (Lipinski definition) is 2. The zero-order valence-electron chi connectivity index (χ0n) is 12.5. The van der Waals surface area contributed by atoms with Crippen molar-refractivity contribution in [2.75, 3.05) is 18.4 Å². The van der Waals surface area contributed by atoms with Gasteiger partial charge in [0, 0.05) is 18.8 Å². The number of fused-ring (bicyclic) bond motifs is 1. The van der Waals surface area contributed by atoms with Crippen LogP contribution in [0.25, 0.3) is 0 Å². The number of nitrogens with one attached hydrogen (secondary N) is 2. The number of para-hydroxylation sites is 1. The second-order valence-corrected chi connectivity index (χ2v) is 7.02. The second kappa shape index (κ2) is 5.36. The number of benzene rings is 1. The lowest BCUT2D eigenvalue weighted by atomic mass is 9.92. The summed E-state index contributed by atoms with van der Waals surface area (Å²) in [7, 11) is 0. The molecule has 1 aliphatic heterocycles. The van der Waals surface area contributed by atoms with E-state index in [0.717, 1.165) is 37.3 Å². The van der Waals surface area contributed by atoms with Gasteiger partial charge in [-0.3, -0.25) is 4.79 Å². The molecule has 4 rings (SSSR count). The number of hydrogen-bond acceptors (Lipinski definition) is 2. The SMILES string of the molecule is O=C(NCC(C1CC1)C1CC1)C1CNc2ccccc2C1. The summed E-state index contributed by atoms with van der Waals surface area (Å²) in [5, 5.41) is 6.64. The molecule has 0 spiro atoms. The third-order valence-corrected chi connectivity index (χ3v) is 5.36. The van der Waals surface area contributed by atoms with Gasteiger partial charge in [-0.1, -0.05) is 18.2 Å². The van der Waals surface area contributed by atoms with Crippen molar-refractivity contribution < 1.29 is 4.79 Å². The highest BCUT2D eigenvalue weighted by atomic mass is 16.1. The maximum Gasteiger partial charge on any atom is 0.225 e. The molecule has 0 bridgehead atoms. The monoisotopic (exact) mass is 284 g/mol. The molecule has 3 aliphatic rings. The lowest BCUT2D eigenvalue weighted by Gasteiger charge is -2.26. The Morgan fingerprint density at radius 2 is 1.90 bits per heavy atom. The molecular weight excluding hydrogens is 260 g/mol. The van der Waals surface area contributed by atoms with Crippen LogP contribution < -0.4 is 10.6 Å². The van der Waals surface area contributed by atoms with Crippen LogP contribution in [0.3, 0.4) is 0 Å². The molecule has 1 heterocycles. The van der Waals surface area contributed by atoms with Gasteiger partial charge in [0.25, 0.3) is 0 Å². The molecule has 2 saturated carbocycles. The minimum atomic E-state index is 0.0824. The normalized spacial score (nSPS) is 24.3. The molecule has 21 heavy (non-hydrogen) atoms. The van der Waals surface area contributed by atoms with E-state index in [1.54, 1.807) is 0 Å². The fourth-order valence-electron chi connectivity index (χ4n) is 3.76. The maximum absolute atomic E-state index is 12.4. The molecule has 1 atom stereocenters. The summed E-state index contributed by atoms with van der Waals surface area (Å²) in [6, 6.07) is 8.32. The van der Waals surface area contributed by atoms with Gasteiger partial charge >= 0.3 is 0 Å². The highest BCUT2D eigenvalue weighted by Crippen LogP contribution is 2.48. The molecule has 2 N–H and O–H groups in total. The van der Waals surface area contributed by atoms with Gasteiger partial charge in [-0.15, -0.1) is 0 Å². The Morgan fingerprint density at radius 3 is 2.62 bits per heavy atom. The van der Waals surface area contributed by atoms with E-state index in [9.17, 15) is 4.79 Å². The Hall–Kier alpha value is -1.51. The average molecular weight is 284 g/mol. The number of carbonyl (C=O) groups excluding carboxylic acids is 1. The van der Waals surface area contributed by atoms with Crippen LogP contribution in [0.4, 0.5) is 5.69 Å². The summed E-state index contributed by atoms with van der Waals surface area (Å²) in [4.78, 5) is 12.4. The quantitative estimate of drug-likeness (QED) is 0.873. The Labute approximate surface area is 126 Å². The van der Waals surface area contributed by atoms with E-state index in [1.165, 1.54) is 36.9 Å². The third kappa shape index (κ3) is 2.92. The first-order valence-corrected chi connectivity index (χ1v) is 8.41.